The highest BCUT2D eigenvalue weighted by molar-refractivity contribution is 5.95. The van der Waals surface area contributed by atoms with Crippen molar-refractivity contribution in [3.05, 3.63) is 69.3 Å². The van der Waals surface area contributed by atoms with E-state index in [1.807, 2.05) is 43.3 Å². The summed E-state index contributed by atoms with van der Waals surface area (Å²) < 4.78 is 5.47. The van der Waals surface area contributed by atoms with E-state index in [4.69, 9.17) is 4.42 Å². The summed E-state index contributed by atoms with van der Waals surface area (Å²) in [4.78, 5) is 27.1. The molecule has 1 saturated heterocycles. The Bertz CT molecular complexity index is 906. The summed E-state index contributed by atoms with van der Waals surface area (Å²) >= 11 is 0. The van der Waals surface area contributed by atoms with Crippen molar-refractivity contribution in [2.24, 2.45) is 0 Å². The number of aryl methyl sites for hydroxylation is 1. The van der Waals surface area contributed by atoms with Gasteiger partial charge in [0.25, 0.3) is 5.91 Å². The second-order valence-electron chi connectivity index (χ2n) is 8.30. The van der Waals surface area contributed by atoms with Gasteiger partial charge >= 0.3 is 5.63 Å². The molecule has 0 radical (unpaired) electrons. The van der Waals surface area contributed by atoms with Crippen LogP contribution >= 0.6 is 0 Å². The zero-order valence-corrected chi connectivity index (χ0v) is 16.3. The first-order chi connectivity index (χ1) is 13.5. The number of nitrogens with zero attached hydrogens (tertiary/aromatic N) is 1. The fraction of sp³-hybridized carbons (Fsp3) is 0.478. The van der Waals surface area contributed by atoms with Crippen molar-refractivity contribution in [1.82, 2.24) is 4.90 Å². The Morgan fingerprint density at radius 3 is 2.46 bits per heavy atom. The Hall–Kier alpha value is -2.40. The largest absolute Gasteiger partial charge is 0.427 e. The number of aliphatic hydroxyl groups is 1. The maximum Gasteiger partial charge on any atom is 0.349 e. The SMILES string of the molecule is Cc1cc(C2CCC2)oc(=O)c1C(=O)N1CCC(O)(Cc2ccccc2)CC1. The average molecular weight is 381 g/mol. The maximum atomic E-state index is 13.0. The molecule has 2 aliphatic rings. The van der Waals surface area contributed by atoms with Crippen LogP contribution in [0.4, 0.5) is 0 Å². The van der Waals surface area contributed by atoms with Gasteiger partial charge in [-0.1, -0.05) is 36.8 Å². The molecule has 28 heavy (non-hydrogen) atoms. The molecule has 1 N–H and O–H groups in total. The number of piperidine rings is 1. The van der Waals surface area contributed by atoms with E-state index >= 15 is 0 Å². The predicted molar refractivity (Wildman–Crippen MR) is 107 cm³/mol. The lowest BCUT2D eigenvalue weighted by molar-refractivity contribution is -0.0163. The van der Waals surface area contributed by atoms with E-state index in [9.17, 15) is 14.7 Å². The lowest BCUT2D eigenvalue weighted by atomic mass is 9.83. The lowest BCUT2D eigenvalue weighted by Gasteiger charge is -2.38. The summed E-state index contributed by atoms with van der Waals surface area (Å²) in [7, 11) is 0. The summed E-state index contributed by atoms with van der Waals surface area (Å²) in [5.41, 5.74) is 0.570. The van der Waals surface area contributed by atoms with Gasteiger partial charge in [-0.2, -0.15) is 0 Å². The molecule has 0 unspecified atom stereocenters. The number of benzene rings is 1. The first-order valence-corrected chi connectivity index (χ1v) is 10.2. The molecule has 1 aliphatic carbocycles. The van der Waals surface area contributed by atoms with Gasteiger partial charge in [-0.25, -0.2) is 4.79 Å². The number of carbonyl (C=O) groups excluding carboxylic acids is 1. The number of hydrogen-bond acceptors (Lipinski definition) is 4. The van der Waals surface area contributed by atoms with Gasteiger partial charge in [-0.15, -0.1) is 0 Å². The van der Waals surface area contributed by atoms with E-state index in [0.717, 1.165) is 24.8 Å². The van der Waals surface area contributed by atoms with Gasteiger partial charge < -0.3 is 14.4 Å². The minimum Gasteiger partial charge on any atom is -0.427 e. The highest BCUT2D eigenvalue weighted by Crippen LogP contribution is 2.36. The Kier molecular flexibility index (Phi) is 5.11. The van der Waals surface area contributed by atoms with E-state index in [1.54, 1.807) is 4.90 Å². The first kappa shape index (κ1) is 18.9. The zero-order chi connectivity index (χ0) is 19.7. The molecule has 0 spiro atoms. The van der Waals surface area contributed by atoms with Crippen LogP contribution in [0.3, 0.4) is 0 Å². The standard InChI is InChI=1S/C23H27NO4/c1-16-14-19(18-8-5-9-18)28-22(26)20(16)21(25)24-12-10-23(27,11-13-24)15-17-6-3-2-4-7-17/h2-4,6-7,14,18,27H,5,8-13,15H2,1H3. The van der Waals surface area contributed by atoms with E-state index in [0.29, 0.717) is 49.6 Å². The highest BCUT2D eigenvalue weighted by Gasteiger charge is 2.35. The Balaban J connectivity index is 1.45. The number of likely N-dealkylation sites (tertiary alicyclic amines) is 1. The molecule has 1 aromatic carbocycles. The van der Waals surface area contributed by atoms with Crippen molar-refractivity contribution in [2.75, 3.05) is 13.1 Å². The van der Waals surface area contributed by atoms with E-state index in [2.05, 4.69) is 0 Å². The zero-order valence-electron chi connectivity index (χ0n) is 16.3. The van der Waals surface area contributed by atoms with Crippen LogP contribution in [0.1, 0.15) is 65.3 Å². The van der Waals surface area contributed by atoms with Gasteiger partial charge in [0.05, 0.1) is 5.60 Å². The van der Waals surface area contributed by atoms with Crippen molar-refractivity contribution < 1.29 is 14.3 Å². The maximum absolute atomic E-state index is 13.0. The van der Waals surface area contributed by atoms with Crippen molar-refractivity contribution in [3.63, 3.8) is 0 Å². The molecule has 1 saturated carbocycles. The van der Waals surface area contributed by atoms with Gasteiger partial charge in [-0.3, -0.25) is 4.79 Å². The highest BCUT2D eigenvalue weighted by atomic mass is 16.4. The second-order valence-corrected chi connectivity index (χ2v) is 8.30. The van der Waals surface area contributed by atoms with Gasteiger partial charge in [0, 0.05) is 25.4 Å². The fourth-order valence-electron chi connectivity index (χ4n) is 4.22. The Morgan fingerprint density at radius 2 is 1.89 bits per heavy atom. The summed E-state index contributed by atoms with van der Waals surface area (Å²) in [5, 5.41) is 10.9. The second kappa shape index (κ2) is 7.55. The van der Waals surface area contributed by atoms with Crippen LogP contribution in [0.15, 0.2) is 45.6 Å². The van der Waals surface area contributed by atoms with Crippen LogP contribution in [0.5, 0.6) is 0 Å². The normalized spacial score (nSPS) is 19.3. The summed E-state index contributed by atoms with van der Waals surface area (Å²) in [6.07, 6.45) is 4.82. The fourth-order valence-corrected chi connectivity index (χ4v) is 4.22. The van der Waals surface area contributed by atoms with Crippen molar-refractivity contribution in [3.8, 4) is 0 Å². The molecule has 2 heterocycles. The van der Waals surface area contributed by atoms with Gasteiger partial charge in [0.15, 0.2) is 0 Å². The lowest BCUT2D eigenvalue weighted by Crippen LogP contribution is -2.48. The number of amides is 1. The third-order valence-electron chi connectivity index (χ3n) is 6.25. The topological polar surface area (TPSA) is 70.8 Å². The monoisotopic (exact) mass is 381 g/mol. The average Bonchev–Trinajstić information content (AvgIpc) is 2.61. The molecule has 5 nitrogen and oxygen atoms in total. The third-order valence-corrected chi connectivity index (χ3v) is 6.25. The molecule has 0 atom stereocenters. The molecule has 5 heteroatoms. The van der Waals surface area contributed by atoms with Gasteiger partial charge in [0.1, 0.15) is 11.3 Å². The van der Waals surface area contributed by atoms with Gasteiger partial charge in [0.2, 0.25) is 0 Å². The molecular formula is C23H27NO4. The molecule has 4 rings (SSSR count). The molecule has 2 aromatic rings. The number of hydrogen-bond donors (Lipinski definition) is 1. The van der Waals surface area contributed by atoms with Crippen LogP contribution in [-0.4, -0.2) is 34.6 Å². The van der Waals surface area contributed by atoms with Crippen LogP contribution in [0.25, 0.3) is 0 Å². The molecule has 0 bridgehead atoms. The van der Waals surface area contributed by atoms with Crippen LogP contribution < -0.4 is 5.63 Å². The minimum atomic E-state index is -0.814. The quantitative estimate of drug-likeness (QED) is 0.881. The Labute approximate surface area is 165 Å². The first-order valence-electron chi connectivity index (χ1n) is 10.2. The third kappa shape index (κ3) is 3.76. The van der Waals surface area contributed by atoms with E-state index in [1.165, 1.54) is 0 Å². The van der Waals surface area contributed by atoms with Crippen LogP contribution in [0.2, 0.25) is 0 Å². The molecular weight excluding hydrogens is 354 g/mol. The minimum absolute atomic E-state index is 0.136. The van der Waals surface area contributed by atoms with Gasteiger partial charge in [-0.05, 0) is 49.8 Å². The predicted octanol–water partition coefficient (Wildman–Crippen LogP) is 3.43. The molecule has 148 valence electrons. The molecule has 1 aliphatic heterocycles. The number of carbonyl (C=O) groups is 1. The van der Waals surface area contributed by atoms with Crippen LogP contribution in [0, 0.1) is 6.92 Å². The molecule has 1 aromatic heterocycles. The van der Waals surface area contributed by atoms with Crippen molar-refractivity contribution >= 4 is 5.91 Å². The molecule has 1 amide bonds. The van der Waals surface area contributed by atoms with E-state index in [-0.39, 0.29) is 11.5 Å². The summed E-state index contributed by atoms with van der Waals surface area (Å²) in [6.45, 7) is 2.68. The van der Waals surface area contributed by atoms with Crippen LogP contribution in [-0.2, 0) is 6.42 Å². The Morgan fingerprint density at radius 1 is 1.21 bits per heavy atom. The smallest absolute Gasteiger partial charge is 0.349 e. The van der Waals surface area contributed by atoms with E-state index < -0.39 is 11.2 Å². The number of rotatable bonds is 4. The summed E-state index contributed by atoms with van der Waals surface area (Å²) in [5.74, 6) is 0.743. The van der Waals surface area contributed by atoms with Crippen molar-refractivity contribution in [1.29, 1.82) is 0 Å². The molecule has 2 fully saturated rings. The summed E-state index contributed by atoms with van der Waals surface area (Å²) in [6, 6.07) is 11.8. The van der Waals surface area contributed by atoms with Crippen molar-refractivity contribution in [2.45, 2.75) is 57.0 Å².